The van der Waals surface area contributed by atoms with Gasteiger partial charge in [0, 0.05) is 23.0 Å². The van der Waals surface area contributed by atoms with Crippen molar-refractivity contribution >= 4 is 16.7 Å². The highest BCUT2D eigenvalue weighted by Crippen LogP contribution is 2.25. The van der Waals surface area contributed by atoms with Gasteiger partial charge in [-0.3, -0.25) is 19.1 Å². The zero-order chi connectivity index (χ0) is 24.8. The van der Waals surface area contributed by atoms with Gasteiger partial charge < -0.3 is 5.32 Å². The van der Waals surface area contributed by atoms with Crippen LogP contribution in [0.25, 0.3) is 16.5 Å². The highest BCUT2D eigenvalue weighted by atomic mass is 16.2. The van der Waals surface area contributed by atoms with Gasteiger partial charge in [0.2, 0.25) is 0 Å². The van der Waals surface area contributed by atoms with Crippen molar-refractivity contribution in [2.45, 2.75) is 25.9 Å². The quantitative estimate of drug-likeness (QED) is 0.377. The number of aromatic nitrogens is 1. The van der Waals surface area contributed by atoms with E-state index in [9.17, 15) is 9.59 Å². The molecule has 0 saturated carbocycles. The van der Waals surface area contributed by atoms with Gasteiger partial charge in [0.25, 0.3) is 11.5 Å². The van der Waals surface area contributed by atoms with Crippen molar-refractivity contribution in [3.05, 3.63) is 112 Å². The minimum Gasteiger partial charge on any atom is -0.345 e. The second kappa shape index (κ2) is 10.9. The van der Waals surface area contributed by atoms with E-state index in [1.54, 1.807) is 10.6 Å². The van der Waals surface area contributed by atoms with Gasteiger partial charge in [-0.25, -0.2) is 0 Å². The molecule has 0 radical (unpaired) electrons. The number of rotatable bonds is 8. The third kappa shape index (κ3) is 5.03. The smallest absolute Gasteiger partial charge is 0.263 e. The van der Waals surface area contributed by atoms with Crippen molar-refractivity contribution in [2.75, 3.05) is 13.6 Å². The number of hydrogen-bond acceptors (Lipinski definition) is 3. The standard InChI is InChI=1S/C30H29N3O2/c1-4-20-32(3)21-27-28(29(34)31-26(5-2)22-14-8-6-9-15-22)24-18-12-13-19-25(24)30(35)33(27)23-16-10-7-11-17-23/h1,6-19,26H,5,20-21H2,2-3H3,(H,31,34)/t26-/m0/s1. The second-order valence-corrected chi connectivity index (χ2v) is 8.56. The average molecular weight is 464 g/mol. The molecule has 35 heavy (non-hydrogen) atoms. The fraction of sp³-hybridized carbons (Fsp3) is 0.200. The highest BCUT2D eigenvalue weighted by molar-refractivity contribution is 6.08. The number of pyridine rings is 1. The average Bonchev–Trinajstić information content (AvgIpc) is 2.88. The molecule has 1 heterocycles. The number of para-hydroxylation sites is 1. The molecule has 1 N–H and O–H groups in total. The molecule has 0 fully saturated rings. The van der Waals surface area contributed by atoms with Crippen LogP contribution in [0.1, 0.15) is 41.0 Å². The van der Waals surface area contributed by atoms with Gasteiger partial charge in [0.1, 0.15) is 0 Å². The van der Waals surface area contributed by atoms with Crippen LogP contribution in [-0.2, 0) is 6.54 Å². The van der Waals surface area contributed by atoms with Crippen LogP contribution < -0.4 is 10.9 Å². The van der Waals surface area contributed by atoms with Crippen LogP contribution in [0.2, 0.25) is 0 Å². The molecule has 5 heteroatoms. The molecular formula is C30H29N3O2. The zero-order valence-corrected chi connectivity index (χ0v) is 20.1. The Balaban J connectivity index is 1.95. The van der Waals surface area contributed by atoms with Crippen LogP contribution in [0.4, 0.5) is 0 Å². The van der Waals surface area contributed by atoms with E-state index in [2.05, 4.69) is 11.2 Å². The maximum Gasteiger partial charge on any atom is 0.263 e. The largest absolute Gasteiger partial charge is 0.345 e. The van der Waals surface area contributed by atoms with E-state index in [-0.39, 0.29) is 17.5 Å². The Morgan fingerprint density at radius 1 is 0.971 bits per heavy atom. The van der Waals surface area contributed by atoms with Crippen LogP contribution in [0, 0.1) is 12.3 Å². The van der Waals surface area contributed by atoms with E-state index < -0.39 is 0 Å². The van der Waals surface area contributed by atoms with Crippen molar-refractivity contribution in [1.82, 2.24) is 14.8 Å². The van der Waals surface area contributed by atoms with Gasteiger partial charge in [-0.1, -0.05) is 79.6 Å². The lowest BCUT2D eigenvalue weighted by Gasteiger charge is -2.24. The molecule has 1 amide bonds. The minimum atomic E-state index is -0.217. The predicted octanol–water partition coefficient (Wildman–Crippen LogP) is 4.94. The van der Waals surface area contributed by atoms with E-state index >= 15 is 0 Å². The minimum absolute atomic E-state index is 0.157. The molecule has 1 aromatic heterocycles. The number of carbonyl (C=O) groups is 1. The van der Waals surface area contributed by atoms with Gasteiger partial charge in [0.05, 0.1) is 23.8 Å². The summed E-state index contributed by atoms with van der Waals surface area (Å²) in [7, 11) is 1.88. The molecule has 1 atom stereocenters. The lowest BCUT2D eigenvalue weighted by atomic mass is 9.99. The second-order valence-electron chi connectivity index (χ2n) is 8.56. The Morgan fingerprint density at radius 3 is 2.20 bits per heavy atom. The predicted molar refractivity (Wildman–Crippen MR) is 142 cm³/mol. The monoisotopic (exact) mass is 463 g/mol. The van der Waals surface area contributed by atoms with Gasteiger partial charge in [-0.05, 0) is 37.2 Å². The maximum absolute atomic E-state index is 14.0. The number of nitrogens with zero attached hydrogens (tertiary/aromatic N) is 2. The number of fused-ring (bicyclic) bond motifs is 1. The first kappa shape index (κ1) is 24.0. The molecule has 0 saturated heterocycles. The van der Waals surface area contributed by atoms with Gasteiger partial charge in [-0.2, -0.15) is 0 Å². The summed E-state index contributed by atoms with van der Waals surface area (Å²) >= 11 is 0. The number of carbonyl (C=O) groups excluding carboxylic acids is 1. The summed E-state index contributed by atoms with van der Waals surface area (Å²) in [5, 5.41) is 4.35. The molecule has 5 nitrogen and oxygen atoms in total. The van der Waals surface area contributed by atoms with Gasteiger partial charge in [0.15, 0.2) is 0 Å². The topological polar surface area (TPSA) is 54.3 Å². The molecule has 0 aliphatic carbocycles. The van der Waals surface area contributed by atoms with Crippen LogP contribution in [0.3, 0.4) is 0 Å². The first-order valence-corrected chi connectivity index (χ1v) is 11.7. The lowest BCUT2D eigenvalue weighted by Crippen LogP contribution is -2.34. The molecule has 0 bridgehead atoms. The van der Waals surface area contributed by atoms with Crippen LogP contribution >= 0.6 is 0 Å². The summed E-state index contributed by atoms with van der Waals surface area (Å²) in [6.45, 7) is 2.77. The van der Waals surface area contributed by atoms with Crippen LogP contribution in [0.15, 0.2) is 89.7 Å². The summed E-state index contributed by atoms with van der Waals surface area (Å²) in [4.78, 5) is 29.6. The Labute approximate surface area is 206 Å². The first-order chi connectivity index (χ1) is 17.0. The molecule has 0 spiro atoms. The molecule has 176 valence electrons. The molecule has 4 aromatic rings. The number of hydrogen-bond donors (Lipinski definition) is 1. The first-order valence-electron chi connectivity index (χ1n) is 11.7. The summed E-state index contributed by atoms with van der Waals surface area (Å²) in [6.07, 6.45) is 6.29. The van der Waals surface area contributed by atoms with Gasteiger partial charge >= 0.3 is 0 Å². The van der Waals surface area contributed by atoms with Gasteiger partial charge in [-0.15, -0.1) is 6.42 Å². The van der Waals surface area contributed by atoms with Crippen molar-refractivity contribution in [3.63, 3.8) is 0 Å². The Hall–Kier alpha value is -4.14. The number of benzene rings is 3. The molecule has 0 aliphatic heterocycles. The Morgan fingerprint density at radius 2 is 1.57 bits per heavy atom. The number of nitrogens with one attached hydrogen (secondary N) is 1. The van der Waals surface area contributed by atoms with E-state index in [1.165, 1.54) is 0 Å². The molecule has 0 aliphatic rings. The third-order valence-electron chi connectivity index (χ3n) is 6.13. The fourth-order valence-electron chi connectivity index (χ4n) is 4.46. The number of terminal acetylenes is 1. The zero-order valence-electron chi connectivity index (χ0n) is 20.1. The van der Waals surface area contributed by atoms with E-state index in [4.69, 9.17) is 6.42 Å². The molecule has 3 aromatic carbocycles. The normalized spacial score (nSPS) is 11.8. The summed E-state index contributed by atoms with van der Waals surface area (Å²) < 4.78 is 1.65. The van der Waals surface area contributed by atoms with E-state index in [0.717, 1.165) is 12.0 Å². The molecule has 0 unspecified atom stereocenters. The van der Waals surface area contributed by atoms with Crippen molar-refractivity contribution in [3.8, 4) is 18.0 Å². The Bertz CT molecular complexity index is 1420. The highest BCUT2D eigenvalue weighted by Gasteiger charge is 2.25. The van der Waals surface area contributed by atoms with E-state index in [1.807, 2.05) is 97.7 Å². The lowest BCUT2D eigenvalue weighted by molar-refractivity contribution is 0.0934. The number of amides is 1. The third-order valence-corrected chi connectivity index (χ3v) is 6.13. The van der Waals surface area contributed by atoms with Crippen LogP contribution in [-0.4, -0.2) is 29.0 Å². The summed E-state index contributed by atoms with van der Waals surface area (Å²) in [6, 6.07) is 26.5. The fourth-order valence-corrected chi connectivity index (χ4v) is 4.46. The van der Waals surface area contributed by atoms with E-state index in [0.29, 0.717) is 40.8 Å². The Kier molecular flexibility index (Phi) is 7.45. The summed E-state index contributed by atoms with van der Waals surface area (Å²) in [5.74, 6) is 2.43. The molecule has 4 rings (SSSR count). The summed E-state index contributed by atoms with van der Waals surface area (Å²) in [5.41, 5.74) is 2.68. The SMILES string of the molecule is C#CCN(C)Cc1c(C(=O)N[C@@H](CC)c2ccccc2)c2ccccc2c(=O)n1-c1ccccc1. The maximum atomic E-state index is 14.0. The van der Waals surface area contributed by atoms with Crippen molar-refractivity contribution < 1.29 is 4.79 Å². The van der Waals surface area contributed by atoms with Crippen molar-refractivity contribution in [1.29, 1.82) is 0 Å². The van der Waals surface area contributed by atoms with Crippen LogP contribution in [0.5, 0.6) is 0 Å². The molecular weight excluding hydrogens is 434 g/mol. The van der Waals surface area contributed by atoms with Crippen molar-refractivity contribution in [2.24, 2.45) is 0 Å².